The predicted molar refractivity (Wildman–Crippen MR) is 84.9 cm³/mol. The molecule has 1 aromatic heterocycles. The zero-order valence-electron chi connectivity index (χ0n) is 11.8. The molecule has 0 aromatic carbocycles. The van der Waals surface area contributed by atoms with Crippen molar-refractivity contribution in [2.75, 3.05) is 26.4 Å². The minimum Gasteiger partial charge on any atom is -0.394 e. The summed E-state index contributed by atoms with van der Waals surface area (Å²) in [5.74, 6) is 3.24. The summed E-state index contributed by atoms with van der Waals surface area (Å²) in [6.07, 6.45) is 1.85. The first kappa shape index (κ1) is 16.1. The van der Waals surface area contributed by atoms with Gasteiger partial charge in [0.15, 0.2) is 0 Å². The van der Waals surface area contributed by atoms with Crippen LogP contribution in [0, 0.1) is 11.5 Å². The largest absolute Gasteiger partial charge is 0.394 e. The lowest BCUT2D eigenvalue weighted by Crippen LogP contribution is -2.16. The monoisotopic (exact) mass is 295 g/mol. The van der Waals surface area contributed by atoms with Gasteiger partial charge < -0.3 is 9.84 Å². The van der Waals surface area contributed by atoms with Gasteiger partial charge in [-0.15, -0.1) is 16.9 Å². The van der Waals surface area contributed by atoms with Gasteiger partial charge in [-0.3, -0.25) is 4.99 Å². The van der Waals surface area contributed by atoms with Crippen LogP contribution in [0.2, 0.25) is 19.6 Å². The maximum absolute atomic E-state index is 8.54. The average Bonchev–Trinajstić information content (AvgIpc) is 2.78. The summed E-state index contributed by atoms with van der Waals surface area (Å²) in [7, 11) is -1.30. The standard InChI is InChI=1S/C14H21NO2SSi/c1-19(2,3)11-6-13-4-5-14(18-13)12-15-7-9-17-10-8-16/h4-5,12,16H,7-10H2,1-3H3. The van der Waals surface area contributed by atoms with E-state index in [1.165, 1.54) is 0 Å². The first-order chi connectivity index (χ1) is 9.01. The maximum Gasteiger partial charge on any atom is 0.129 e. The van der Waals surface area contributed by atoms with Crippen LogP contribution < -0.4 is 0 Å². The predicted octanol–water partition coefficient (Wildman–Crippen LogP) is 2.40. The number of aliphatic hydroxyl groups excluding tert-OH is 1. The summed E-state index contributed by atoms with van der Waals surface area (Å²) in [5.41, 5.74) is 3.35. The highest BCUT2D eigenvalue weighted by molar-refractivity contribution is 7.14. The Bertz CT molecular complexity index is 466. The fourth-order valence-corrected chi connectivity index (χ4v) is 2.53. The van der Waals surface area contributed by atoms with Gasteiger partial charge in [0.05, 0.1) is 31.2 Å². The molecule has 0 amide bonds. The van der Waals surface area contributed by atoms with Gasteiger partial charge in [-0.2, -0.15) is 0 Å². The molecule has 0 aliphatic carbocycles. The summed E-state index contributed by atoms with van der Waals surface area (Å²) in [5, 5.41) is 8.54. The molecule has 19 heavy (non-hydrogen) atoms. The van der Waals surface area contributed by atoms with Crippen molar-refractivity contribution in [1.29, 1.82) is 0 Å². The highest BCUT2D eigenvalue weighted by Crippen LogP contribution is 2.13. The Morgan fingerprint density at radius 2 is 2.16 bits per heavy atom. The molecular weight excluding hydrogens is 274 g/mol. The fourth-order valence-electron chi connectivity index (χ4n) is 1.18. The first-order valence-corrected chi connectivity index (χ1v) is 10.6. The zero-order chi connectivity index (χ0) is 14.1. The van der Waals surface area contributed by atoms with Crippen LogP contribution in [0.3, 0.4) is 0 Å². The minimum atomic E-state index is -1.30. The molecule has 0 aliphatic rings. The smallest absolute Gasteiger partial charge is 0.129 e. The molecule has 0 unspecified atom stereocenters. The summed E-state index contributed by atoms with van der Waals surface area (Å²) in [6.45, 7) is 8.32. The van der Waals surface area contributed by atoms with E-state index in [0.717, 1.165) is 9.75 Å². The zero-order valence-corrected chi connectivity index (χ0v) is 13.6. The lowest BCUT2D eigenvalue weighted by molar-refractivity contribution is 0.0978. The van der Waals surface area contributed by atoms with Crippen LogP contribution in [-0.4, -0.2) is 45.8 Å². The van der Waals surface area contributed by atoms with Crippen LogP contribution in [-0.2, 0) is 4.74 Å². The summed E-state index contributed by atoms with van der Waals surface area (Å²) < 4.78 is 5.12. The van der Waals surface area contributed by atoms with Crippen LogP contribution in [0.5, 0.6) is 0 Å². The third kappa shape index (κ3) is 7.96. The second kappa shape index (κ2) is 8.28. The second-order valence-corrected chi connectivity index (χ2v) is 10.9. The molecule has 0 saturated carbocycles. The second-order valence-electron chi connectivity index (χ2n) is 5.07. The first-order valence-electron chi connectivity index (χ1n) is 6.33. The Morgan fingerprint density at radius 3 is 2.84 bits per heavy atom. The quantitative estimate of drug-likeness (QED) is 0.379. The van der Waals surface area contributed by atoms with E-state index in [1.807, 2.05) is 18.3 Å². The van der Waals surface area contributed by atoms with E-state index in [4.69, 9.17) is 9.84 Å². The highest BCUT2D eigenvalue weighted by atomic mass is 32.1. The lowest BCUT2D eigenvalue weighted by atomic mass is 10.4. The number of ether oxygens (including phenoxy) is 1. The van der Waals surface area contributed by atoms with Crippen molar-refractivity contribution in [3.05, 3.63) is 21.9 Å². The maximum atomic E-state index is 8.54. The number of nitrogens with zero attached hydrogens (tertiary/aromatic N) is 1. The van der Waals surface area contributed by atoms with Crippen molar-refractivity contribution < 1.29 is 9.84 Å². The number of rotatable bonds is 6. The number of aliphatic hydroxyl groups is 1. The van der Waals surface area contributed by atoms with Gasteiger partial charge in [-0.1, -0.05) is 25.6 Å². The SMILES string of the molecule is C[Si](C)(C)C#Cc1ccc(C=NCCOCCO)s1. The number of hydrogen-bond donors (Lipinski definition) is 1. The van der Waals surface area contributed by atoms with E-state index < -0.39 is 8.07 Å². The van der Waals surface area contributed by atoms with E-state index >= 15 is 0 Å². The van der Waals surface area contributed by atoms with Gasteiger partial charge in [-0.25, -0.2) is 0 Å². The molecule has 1 N–H and O–H groups in total. The minimum absolute atomic E-state index is 0.0633. The van der Waals surface area contributed by atoms with Gasteiger partial charge in [0, 0.05) is 11.1 Å². The van der Waals surface area contributed by atoms with Gasteiger partial charge >= 0.3 is 0 Å². The molecule has 1 heterocycles. The van der Waals surface area contributed by atoms with Crippen molar-refractivity contribution in [2.24, 2.45) is 4.99 Å². The number of aliphatic imine (C=N–C) groups is 1. The molecule has 0 aliphatic heterocycles. The summed E-state index contributed by atoms with van der Waals surface area (Å²) >= 11 is 1.66. The lowest BCUT2D eigenvalue weighted by Gasteiger charge is -2.02. The van der Waals surface area contributed by atoms with Crippen molar-refractivity contribution in [3.63, 3.8) is 0 Å². The van der Waals surface area contributed by atoms with Gasteiger partial charge in [0.25, 0.3) is 0 Å². The molecule has 5 heteroatoms. The van der Waals surface area contributed by atoms with Crippen LogP contribution >= 0.6 is 11.3 Å². The molecule has 0 fully saturated rings. The van der Waals surface area contributed by atoms with E-state index in [0.29, 0.717) is 19.8 Å². The topological polar surface area (TPSA) is 41.8 Å². The average molecular weight is 295 g/mol. The molecule has 0 spiro atoms. The van der Waals surface area contributed by atoms with Crippen molar-refractivity contribution in [3.8, 4) is 11.5 Å². The normalized spacial score (nSPS) is 11.6. The molecular formula is C14H21NO2SSi. The third-order valence-electron chi connectivity index (χ3n) is 2.01. The summed E-state index contributed by atoms with van der Waals surface area (Å²) in [4.78, 5) is 6.49. The fraction of sp³-hybridized carbons (Fsp3) is 0.500. The molecule has 0 atom stereocenters. The van der Waals surface area contributed by atoms with Crippen LogP contribution in [0.15, 0.2) is 17.1 Å². The third-order valence-corrected chi connectivity index (χ3v) is 3.82. The Kier molecular flexibility index (Phi) is 7.03. The van der Waals surface area contributed by atoms with Crippen molar-refractivity contribution in [1.82, 2.24) is 0 Å². The van der Waals surface area contributed by atoms with Gasteiger partial charge in [-0.05, 0) is 12.1 Å². The molecule has 1 aromatic rings. The van der Waals surface area contributed by atoms with E-state index in [-0.39, 0.29) is 6.61 Å². The van der Waals surface area contributed by atoms with Gasteiger partial charge in [0.1, 0.15) is 8.07 Å². The Balaban J connectivity index is 2.42. The van der Waals surface area contributed by atoms with Crippen molar-refractivity contribution >= 4 is 25.6 Å². The van der Waals surface area contributed by atoms with Crippen LogP contribution in [0.4, 0.5) is 0 Å². The Labute approximate surface area is 120 Å². The van der Waals surface area contributed by atoms with Crippen LogP contribution in [0.25, 0.3) is 0 Å². The molecule has 0 radical (unpaired) electrons. The van der Waals surface area contributed by atoms with Crippen molar-refractivity contribution in [2.45, 2.75) is 19.6 Å². The Morgan fingerprint density at radius 1 is 1.37 bits per heavy atom. The molecule has 104 valence electrons. The Hall–Kier alpha value is -0.933. The summed E-state index contributed by atoms with van der Waals surface area (Å²) in [6, 6.07) is 4.08. The van der Waals surface area contributed by atoms with E-state index in [1.54, 1.807) is 11.3 Å². The van der Waals surface area contributed by atoms with E-state index in [9.17, 15) is 0 Å². The van der Waals surface area contributed by atoms with E-state index in [2.05, 4.69) is 36.1 Å². The number of thiophene rings is 1. The van der Waals surface area contributed by atoms with Gasteiger partial charge in [0.2, 0.25) is 0 Å². The molecule has 0 saturated heterocycles. The molecule has 3 nitrogen and oxygen atoms in total. The highest BCUT2D eigenvalue weighted by Gasteiger charge is 2.07. The van der Waals surface area contributed by atoms with Crippen LogP contribution in [0.1, 0.15) is 9.75 Å². The molecule has 0 bridgehead atoms. The molecule has 1 rings (SSSR count). The number of hydrogen-bond acceptors (Lipinski definition) is 4.